The van der Waals surface area contributed by atoms with Crippen molar-refractivity contribution >= 4 is 40.2 Å². The van der Waals surface area contributed by atoms with Gasteiger partial charge in [0.2, 0.25) is 0 Å². The Morgan fingerprint density at radius 1 is 0.530 bits per heavy atom. The number of Topliss-reactive ketones (excluding diaryl/α,β-unsaturated/α-hetero) is 1. The van der Waals surface area contributed by atoms with Crippen LogP contribution in [0.3, 0.4) is 0 Å². The fraction of sp³-hybridized carbons (Fsp3) is 0.700. The fourth-order valence-corrected chi connectivity index (χ4v) is 24.0. The van der Waals surface area contributed by atoms with Crippen molar-refractivity contribution < 1.29 is 102 Å². The number of halogens is 12. The zero-order valence-corrected chi connectivity index (χ0v) is 74.3. The highest BCUT2D eigenvalue weighted by atomic mass is 31.2. The molecule has 2 aromatic carbocycles. The van der Waals surface area contributed by atoms with Gasteiger partial charge in [-0.15, -0.1) is 0 Å². The van der Waals surface area contributed by atoms with Crippen LogP contribution in [0.5, 0.6) is 0 Å². The van der Waals surface area contributed by atoms with E-state index in [1.807, 2.05) is 93.6 Å². The topological polar surface area (TPSA) is 174 Å². The number of carbonyl (C=O) groups excluding carboxylic acids is 1. The molecule has 0 amide bonds. The van der Waals surface area contributed by atoms with Gasteiger partial charge in [-0.2, -0.15) is 52.7 Å². The van der Waals surface area contributed by atoms with E-state index in [2.05, 4.69) is 93.9 Å². The third-order valence-corrected chi connectivity index (χ3v) is 39.6. The van der Waals surface area contributed by atoms with Gasteiger partial charge in [-0.05, 0) is 247 Å². The summed E-state index contributed by atoms with van der Waals surface area (Å²) in [6, 6.07) is 19.8. The molecular weight excluding hydrogens is 1560 g/mol. The fourth-order valence-electron chi connectivity index (χ4n) is 18.8. The number of allylic oxidation sites excluding steroid dienone is 6. The maximum Gasteiger partial charge on any atom is 0.429 e. The number of ketones is 1. The van der Waals surface area contributed by atoms with Crippen LogP contribution in [0.25, 0.3) is 0 Å². The van der Waals surface area contributed by atoms with Crippen LogP contribution >= 0.6 is 7.14 Å². The lowest BCUT2D eigenvalue weighted by atomic mass is 9.55. The molecule has 0 aromatic heterocycles. The molecule has 0 bridgehead atoms. The molecule has 10 nitrogen and oxygen atoms in total. The van der Waals surface area contributed by atoms with Gasteiger partial charge in [-0.25, -0.2) is 0 Å². The van der Waals surface area contributed by atoms with E-state index in [0.29, 0.717) is 75.9 Å². The van der Waals surface area contributed by atoms with Crippen molar-refractivity contribution in [3.63, 3.8) is 0 Å². The average Bonchev–Trinajstić information content (AvgIpc) is 1.59. The summed E-state index contributed by atoms with van der Waals surface area (Å²) in [5, 5.41) is 61.9. The summed E-state index contributed by atoms with van der Waals surface area (Å²) in [5.74, 6) is 0.108. The number of aliphatic hydroxyl groups excluding tert-OH is 2. The number of benzene rings is 2. The summed E-state index contributed by atoms with van der Waals surface area (Å²) in [6.07, 6.45) is -4.74. The monoisotopic (exact) mass is 1690 g/mol. The molecule has 0 saturated heterocycles. The molecule has 0 spiro atoms. The van der Waals surface area contributed by atoms with Crippen molar-refractivity contribution in [2.45, 2.75) is 346 Å². The molecule has 0 aliphatic heterocycles. The predicted octanol–water partition coefficient (Wildman–Crippen LogP) is 23.5. The van der Waals surface area contributed by atoms with E-state index in [-0.39, 0.29) is 94.0 Å². The second-order valence-corrected chi connectivity index (χ2v) is 52.0. The second-order valence-electron chi connectivity index (χ2n) is 39.6. The standard InChI is InChI=1S/C33H48F6O4.C33H51O3PSi2.C24H36F6O3/c1-21-23(19-24(40)20-26(21)41)11-10-22-9-6-17-30(5)25(22)12-13-27(30)29(4,15-7-14-28(2,3)42)16-8-18-31(43,32(34,35)36)33(37,38)39;1-26-27(22-23-37(34,29-18-14-12-15-19-29)30-20-16-13-17-21-30)24-28(35-38(8,9)32(2,3)4)25-31(26)36-39(10,11)33(5,6)7;1-19(2,32)11-6-12-20(3,13-7-15-22(33,23(25,26)27)24(28,29)30)18-10-9-16-17(31)8-5-14-21(16,18)4/h8,10-11,18,24-27,40-43H,1,6-7,9,12-17,19-20H2,2-5H3;12-22,28,31H,1,23-25H2,2-11H3;7,15-16,18,32-33H,5-6,8-14H2,1-4H3/b18-8-,22-10+,23-11-;27-22-;15-7-/t24?,25?,26-,27+,29?,30-;28-,31+;16?,18-,20?,21+/m011/s1. The highest BCUT2D eigenvalue weighted by Crippen LogP contribution is 2.65. The normalized spacial score (nSPS) is 27.8. The van der Waals surface area contributed by atoms with Gasteiger partial charge in [-0.3, -0.25) is 4.79 Å². The Labute approximate surface area is 680 Å². The second kappa shape index (κ2) is 36.8. The third kappa shape index (κ3) is 24.0. The molecule has 6 fully saturated rings. The van der Waals surface area contributed by atoms with E-state index in [9.17, 15) is 92.7 Å². The summed E-state index contributed by atoms with van der Waals surface area (Å²) in [6.45, 7) is 46.1. The Hall–Kier alpha value is -4.21. The van der Waals surface area contributed by atoms with Crippen molar-refractivity contribution in [1.82, 2.24) is 0 Å². The molecule has 25 heteroatoms. The Morgan fingerprint density at radius 3 is 1.36 bits per heavy atom. The number of hydrogen-bond donors (Lipinski definition) is 6. The first kappa shape index (κ1) is 99.6. The Kier molecular flexibility index (Phi) is 31.9. The first-order valence-electron chi connectivity index (χ1n) is 41.1. The van der Waals surface area contributed by atoms with E-state index in [4.69, 9.17) is 8.85 Å². The van der Waals surface area contributed by atoms with Crippen LogP contribution < -0.4 is 10.6 Å². The number of fused-ring (bicyclic) bond motifs is 2. The average molecular weight is 1690 g/mol. The predicted molar refractivity (Wildman–Crippen MR) is 441 cm³/mol. The lowest BCUT2D eigenvalue weighted by Gasteiger charge is -2.49. The van der Waals surface area contributed by atoms with E-state index < -0.39 is 93.9 Å². The van der Waals surface area contributed by atoms with E-state index in [0.717, 1.165) is 97.3 Å². The molecule has 0 radical (unpaired) electrons. The Bertz CT molecular complexity index is 3740. The van der Waals surface area contributed by atoms with Gasteiger partial charge in [0.1, 0.15) is 12.9 Å². The Morgan fingerprint density at radius 2 is 0.939 bits per heavy atom. The van der Waals surface area contributed by atoms with E-state index in [1.165, 1.54) is 5.57 Å². The van der Waals surface area contributed by atoms with E-state index >= 15 is 0 Å². The molecule has 652 valence electrons. The summed E-state index contributed by atoms with van der Waals surface area (Å²) in [7, 11) is -6.90. The minimum atomic E-state index is -5.92. The molecule has 0 heterocycles. The van der Waals surface area contributed by atoms with Gasteiger partial charge >= 0.3 is 24.7 Å². The van der Waals surface area contributed by atoms with Crippen molar-refractivity contribution in [3.8, 4) is 0 Å². The van der Waals surface area contributed by atoms with Crippen LogP contribution in [0, 0.1) is 45.3 Å². The van der Waals surface area contributed by atoms with Gasteiger partial charge in [0, 0.05) is 42.0 Å². The minimum Gasteiger partial charge on any atom is -0.413 e. The molecule has 115 heavy (non-hydrogen) atoms. The molecule has 6 aliphatic carbocycles. The number of hydrogen-bond acceptors (Lipinski definition) is 10. The van der Waals surface area contributed by atoms with Crippen molar-refractivity contribution in [1.29, 1.82) is 0 Å². The first-order valence-corrected chi connectivity index (χ1v) is 48.8. The zero-order chi connectivity index (χ0) is 87.4. The lowest BCUT2D eigenvalue weighted by Crippen LogP contribution is -2.55. The summed E-state index contributed by atoms with van der Waals surface area (Å²) in [5.41, 5.74) is -9.01. The summed E-state index contributed by atoms with van der Waals surface area (Å²) < 4.78 is 187. The van der Waals surface area contributed by atoms with Crippen LogP contribution in [0.15, 0.2) is 144 Å². The smallest absolute Gasteiger partial charge is 0.413 e. The minimum absolute atomic E-state index is 0.0223. The zero-order valence-electron chi connectivity index (χ0n) is 71.4. The maximum atomic E-state index is 14.7. The quantitative estimate of drug-likeness (QED) is 0.0243. The number of aliphatic hydroxyl groups is 6. The van der Waals surface area contributed by atoms with Crippen LogP contribution in [-0.4, -0.2) is 131 Å². The summed E-state index contributed by atoms with van der Waals surface area (Å²) >= 11 is 0. The number of alkyl halides is 12. The maximum absolute atomic E-state index is 14.7. The lowest BCUT2D eigenvalue weighted by molar-refractivity contribution is -0.348. The SMILES string of the molecule is C=C1/C(=C\C=C2/CCC[C@@]3(C)C2CC[C@@H]3C(C)(C/C=C\C(O)(C(F)(F)F)C(F)(F)F)CCCC(C)(C)O)CC(O)C[C@@H]1O.C=C1/C(=C\CP(=O)(c2ccccc2)c2ccccc2)C[C@@H](O[Si](C)(C)C(C)(C)C)C[C@@H]1O[Si](C)(C)C(C)(C)C.CC(C)(O)CCCC(C)(C/C=C\C(O)(C(F)(F)F)C(F)(F)F)[C@H]1CCC2C(=O)CCC[C@@]21C. The molecule has 12 atom stereocenters. The molecule has 8 rings (SSSR count). The largest absolute Gasteiger partial charge is 0.429 e. The van der Waals surface area contributed by atoms with Gasteiger partial charge in [0.05, 0.1) is 35.6 Å². The van der Waals surface area contributed by atoms with Crippen molar-refractivity contribution in [3.05, 3.63) is 144 Å². The molecule has 5 unspecified atom stereocenters. The van der Waals surface area contributed by atoms with Crippen LogP contribution in [-0.2, 0) is 18.2 Å². The van der Waals surface area contributed by atoms with Gasteiger partial charge < -0.3 is 44.1 Å². The Balaban J connectivity index is 0.000000271. The summed E-state index contributed by atoms with van der Waals surface area (Å²) in [4.78, 5) is 12.5. The van der Waals surface area contributed by atoms with Crippen molar-refractivity contribution in [2.24, 2.45) is 45.3 Å². The molecule has 6 N–H and O–H groups in total. The molecule has 6 saturated carbocycles. The highest BCUT2D eigenvalue weighted by Gasteiger charge is 2.70. The number of carbonyl (C=O) groups is 1. The first-order chi connectivity index (χ1) is 52.2. The molecule has 6 aliphatic rings. The van der Waals surface area contributed by atoms with Crippen molar-refractivity contribution in [2.75, 3.05) is 6.16 Å². The van der Waals surface area contributed by atoms with Gasteiger partial charge in [0.15, 0.2) is 16.6 Å². The molecular formula is C90H135F12O10PSi2. The van der Waals surface area contributed by atoms with E-state index in [1.54, 1.807) is 27.7 Å². The van der Waals surface area contributed by atoms with Gasteiger partial charge in [-0.1, -0.05) is 192 Å². The molecule has 2 aromatic rings. The van der Waals surface area contributed by atoms with Crippen LogP contribution in [0.1, 0.15) is 238 Å². The highest BCUT2D eigenvalue weighted by molar-refractivity contribution is 7.78. The van der Waals surface area contributed by atoms with Gasteiger partial charge in [0.25, 0.3) is 11.2 Å². The van der Waals surface area contributed by atoms with Crippen LogP contribution in [0.2, 0.25) is 36.3 Å². The number of rotatable bonds is 25. The third-order valence-electron chi connectivity index (χ3n) is 27.6. The van der Waals surface area contributed by atoms with Crippen LogP contribution in [0.4, 0.5) is 52.7 Å².